The van der Waals surface area contributed by atoms with Gasteiger partial charge in [0.2, 0.25) is 0 Å². The van der Waals surface area contributed by atoms with Crippen LogP contribution in [-0.2, 0) is 6.54 Å². The second kappa shape index (κ2) is 4.67. The van der Waals surface area contributed by atoms with Crippen molar-refractivity contribution in [3.63, 3.8) is 0 Å². The van der Waals surface area contributed by atoms with E-state index < -0.39 is 0 Å². The number of halogens is 1. The lowest BCUT2D eigenvalue weighted by atomic mass is 10.3. The fraction of sp³-hybridized carbons (Fsp3) is 0.462. The molecule has 90 valence electrons. The van der Waals surface area contributed by atoms with E-state index in [-0.39, 0.29) is 0 Å². The molecule has 4 heteroatoms. The van der Waals surface area contributed by atoms with E-state index in [1.807, 2.05) is 28.9 Å². The summed E-state index contributed by atoms with van der Waals surface area (Å²) < 4.78 is 1.97. The van der Waals surface area contributed by atoms with Crippen LogP contribution in [0.1, 0.15) is 25.0 Å². The predicted octanol–water partition coefficient (Wildman–Crippen LogP) is 2.88. The molecule has 0 aromatic carbocycles. The van der Waals surface area contributed by atoms with E-state index in [1.165, 1.54) is 19.3 Å². The van der Waals surface area contributed by atoms with Gasteiger partial charge in [-0.25, -0.2) is 4.98 Å². The first kappa shape index (κ1) is 11.1. The van der Waals surface area contributed by atoms with E-state index in [4.69, 9.17) is 11.6 Å². The third-order valence-corrected chi connectivity index (χ3v) is 3.42. The molecule has 0 amide bonds. The Bertz CT molecular complexity index is 516. The summed E-state index contributed by atoms with van der Waals surface area (Å²) in [7, 11) is 0. The van der Waals surface area contributed by atoms with Gasteiger partial charge in [0.15, 0.2) is 0 Å². The first-order chi connectivity index (χ1) is 8.31. The molecule has 3 rings (SSSR count). The molecule has 1 saturated carbocycles. The molecule has 0 unspecified atom stereocenters. The van der Waals surface area contributed by atoms with Crippen LogP contribution in [0.15, 0.2) is 24.5 Å². The highest BCUT2D eigenvalue weighted by molar-refractivity contribution is 6.30. The van der Waals surface area contributed by atoms with Gasteiger partial charge in [-0.15, -0.1) is 0 Å². The van der Waals surface area contributed by atoms with Crippen LogP contribution in [-0.4, -0.2) is 15.9 Å². The third kappa shape index (κ3) is 2.79. The van der Waals surface area contributed by atoms with Gasteiger partial charge in [-0.2, -0.15) is 0 Å². The van der Waals surface area contributed by atoms with Crippen molar-refractivity contribution in [2.24, 2.45) is 5.92 Å². The molecule has 0 radical (unpaired) electrons. The number of fused-ring (bicyclic) bond motifs is 1. The van der Waals surface area contributed by atoms with Gasteiger partial charge in [-0.3, -0.25) is 0 Å². The second-order valence-corrected chi connectivity index (χ2v) is 5.19. The molecule has 1 N–H and O–H groups in total. The lowest BCUT2D eigenvalue weighted by Gasteiger charge is -2.00. The molecule has 17 heavy (non-hydrogen) atoms. The molecule has 1 aliphatic carbocycles. The maximum atomic E-state index is 5.93. The molecular weight excluding hydrogens is 234 g/mol. The Hall–Kier alpha value is -1.06. The van der Waals surface area contributed by atoms with Crippen LogP contribution in [0.4, 0.5) is 0 Å². The third-order valence-electron chi connectivity index (χ3n) is 3.20. The number of rotatable bonds is 5. The number of hydrogen-bond donors (Lipinski definition) is 1. The molecule has 1 aliphatic rings. The molecule has 0 spiro atoms. The summed E-state index contributed by atoms with van der Waals surface area (Å²) in [6.07, 6.45) is 8.07. The summed E-state index contributed by atoms with van der Waals surface area (Å²) in [5.74, 6) is 0.988. The van der Waals surface area contributed by atoms with Crippen LogP contribution < -0.4 is 5.32 Å². The molecule has 2 heterocycles. The molecule has 0 saturated heterocycles. The number of aromatic nitrogens is 2. The zero-order valence-corrected chi connectivity index (χ0v) is 10.5. The average molecular weight is 250 g/mol. The summed E-state index contributed by atoms with van der Waals surface area (Å²) in [5, 5.41) is 4.18. The van der Waals surface area contributed by atoms with Crippen LogP contribution in [0.5, 0.6) is 0 Å². The van der Waals surface area contributed by atoms with E-state index >= 15 is 0 Å². The molecule has 3 nitrogen and oxygen atoms in total. The Balaban J connectivity index is 1.60. The van der Waals surface area contributed by atoms with E-state index in [0.717, 1.165) is 35.4 Å². The van der Waals surface area contributed by atoms with Crippen LogP contribution in [0, 0.1) is 5.92 Å². The molecular formula is C13H16ClN3. The second-order valence-electron chi connectivity index (χ2n) is 4.75. The summed E-state index contributed by atoms with van der Waals surface area (Å²) in [4.78, 5) is 4.53. The Labute approximate surface area is 106 Å². The van der Waals surface area contributed by atoms with Gasteiger partial charge in [0.05, 0.1) is 10.7 Å². The topological polar surface area (TPSA) is 29.3 Å². The molecule has 1 fully saturated rings. The average Bonchev–Trinajstić information content (AvgIpc) is 3.04. The van der Waals surface area contributed by atoms with E-state index in [0.29, 0.717) is 0 Å². The fourth-order valence-corrected chi connectivity index (χ4v) is 2.20. The summed E-state index contributed by atoms with van der Waals surface area (Å²) in [6, 6.07) is 3.81. The van der Waals surface area contributed by atoms with Gasteiger partial charge < -0.3 is 9.72 Å². The maximum absolute atomic E-state index is 5.93. The fourth-order valence-electron chi connectivity index (χ4n) is 2.03. The van der Waals surface area contributed by atoms with Gasteiger partial charge >= 0.3 is 0 Å². The zero-order valence-electron chi connectivity index (χ0n) is 9.69. The van der Waals surface area contributed by atoms with Gasteiger partial charge in [0.25, 0.3) is 0 Å². The molecule has 2 aromatic heterocycles. The molecule has 0 aliphatic heterocycles. The van der Waals surface area contributed by atoms with Gasteiger partial charge in [0.1, 0.15) is 5.65 Å². The minimum atomic E-state index is 0.739. The van der Waals surface area contributed by atoms with Crippen molar-refractivity contribution in [1.82, 2.24) is 14.7 Å². The van der Waals surface area contributed by atoms with Crippen molar-refractivity contribution in [3.8, 4) is 0 Å². The minimum Gasteiger partial charge on any atom is -0.311 e. The van der Waals surface area contributed by atoms with E-state index in [2.05, 4.69) is 10.3 Å². The van der Waals surface area contributed by atoms with Crippen LogP contribution >= 0.6 is 11.6 Å². The molecule has 0 atom stereocenters. The maximum Gasteiger partial charge on any atom is 0.137 e. The van der Waals surface area contributed by atoms with Gasteiger partial charge in [0, 0.05) is 18.9 Å². The largest absolute Gasteiger partial charge is 0.311 e. The number of nitrogens with zero attached hydrogens (tertiary/aromatic N) is 2. The lowest BCUT2D eigenvalue weighted by Crippen LogP contribution is -2.15. The van der Waals surface area contributed by atoms with Crippen molar-refractivity contribution in [2.45, 2.75) is 25.8 Å². The summed E-state index contributed by atoms with van der Waals surface area (Å²) >= 11 is 5.93. The van der Waals surface area contributed by atoms with Crippen LogP contribution in [0.2, 0.25) is 5.02 Å². The Morgan fingerprint density at radius 2 is 2.24 bits per heavy atom. The van der Waals surface area contributed by atoms with Crippen LogP contribution in [0.25, 0.3) is 5.65 Å². The lowest BCUT2D eigenvalue weighted by molar-refractivity contribution is 0.608. The minimum absolute atomic E-state index is 0.739. The standard InChI is InChI=1S/C13H16ClN3/c14-11-3-4-13-16-12(9-17(13)8-11)7-15-6-5-10-1-2-10/h3-4,8-10,15H,1-2,5-7H2. The van der Waals surface area contributed by atoms with Crippen molar-refractivity contribution >= 4 is 17.2 Å². The Morgan fingerprint density at radius 3 is 3.06 bits per heavy atom. The van der Waals surface area contributed by atoms with Gasteiger partial charge in [-0.1, -0.05) is 24.4 Å². The first-order valence-electron chi connectivity index (χ1n) is 6.15. The highest BCUT2D eigenvalue weighted by Crippen LogP contribution is 2.31. The van der Waals surface area contributed by atoms with Crippen molar-refractivity contribution in [1.29, 1.82) is 0 Å². The van der Waals surface area contributed by atoms with Crippen LogP contribution in [0.3, 0.4) is 0 Å². The highest BCUT2D eigenvalue weighted by Gasteiger charge is 2.19. The Morgan fingerprint density at radius 1 is 1.35 bits per heavy atom. The smallest absolute Gasteiger partial charge is 0.137 e. The normalized spacial score (nSPS) is 15.6. The zero-order chi connectivity index (χ0) is 11.7. The van der Waals surface area contributed by atoms with Gasteiger partial charge in [-0.05, 0) is 31.0 Å². The number of imidazole rings is 1. The van der Waals surface area contributed by atoms with E-state index in [1.54, 1.807) is 0 Å². The quantitative estimate of drug-likeness (QED) is 0.826. The Kier molecular flexibility index (Phi) is 3.04. The predicted molar refractivity (Wildman–Crippen MR) is 69.2 cm³/mol. The number of pyridine rings is 1. The number of hydrogen-bond acceptors (Lipinski definition) is 2. The molecule has 0 bridgehead atoms. The first-order valence-corrected chi connectivity index (χ1v) is 6.53. The summed E-state index contributed by atoms with van der Waals surface area (Å²) in [6.45, 7) is 1.94. The van der Waals surface area contributed by atoms with Crippen molar-refractivity contribution in [2.75, 3.05) is 6.54 Å². The van der Waals surface area contributed by atoms with E-state index in [9.17, 15) is 0 Å². The summed E-state index contributed by atoms with van der Waals surface area (Å²) in [5.41, 5.74) is 2.02. The van der Waals surface area contributed by atoms with Crippen molar-refractivity contribution < 1.29 is 0 Å². The molecule has 2 aromatic rings. The highest BCUT2D eigenvalue weighted by atomic mass is 35.5. The van der Waals surface area contributed by atoms with Crippen molar-refractivity contribution in [3.05, 3.63) is 35.2 Å². The monoisotopic (exact) mass is 249 g/mol. The SMILES string of the molecule is Clc1ccc2nc(CNCCC3CC3)cn2c1. The number of nitrogens with one attached hydrogen (secondary N) is 1.